The van der Waals surface area contributed by atoms with Crippen molar-refractivity contribution in [1.29, 1.82) is 0 Å². The largest absolute Gasteiger partial charge is 0.351 e. The standard InChI is InChI=1S/C18H22FN5O2/c1-3-13-22-23-14-12(5-4-6-24(13)14)15(25)20-7-11(2)21-16(26)17-8-18(19,9-17)10-17/h4-6,11H,3,7-10H2,1-2H3,(H,20,25)(H,21,26)/t11-,17?,18?/m0/s1. The monoisotopic (exact) mass is 359 g/mol. The molecule has 2 bridgehead atoms. The van der Waals surface area contributed by atoms with Gasteiger partial charge in [0.15, 0.2) is 5.65 Å². The molecule has 26 heavy (non-hydrogen) atoms. The molecule has 0 aliphatic heterocycles. The number of nitrogens with zero attached hydrogens (tertiary/aromatic N) is 3. The van der Waals surface area contributed by atoms with Crippen molar-refractivity contribution in [3.8, 4) is 0 Å². The van der Waals surface area contributed by atoms with Crippen LogP contribution in [0.5, 0.6) is 0 Å². The Labute approximate surface area is 150 Å². The van der Waals surface area contributed by atoms with Gasteiger partial charge >= 0.3 is 0 Å². The Morgan fingerprint density at radius 2 is 2.08 bits per heavy atom. The van der Waals surface area contributed by atoms with Crippen molar-refractivity contribution in [2.45, 2.75) is 51.2 Å². The van der Waals surface area contributed by atoms with Gasteiger partial charge in [0.1, 0.15) is 11.5 Å². The highest BCUT2D eigenvalue weighted by Crippen LogP contribution is 2.69. The smallest absolute Gasteiger partial charge is 0.255 e. The number of alkyl halides is 1. The molecule has 7 nitrogen and oxygen atoms in total. The Balaban J connectivity index is 1.35. The van der Waals surface area contributed by atoms with Gasteiger partial charge in [0.2, 0.25) is 5.91 Å². The molecule has 0 spiro atoms. The zero-order chi connectivity index (χ0) is 18.5. The van der Waals surface area contributed by atoms with Crippen molar-refractivity contribution >= 4 is 17.5 Å². The van der Waals surface area contributed by atoms with Crippen LogP contribution in [0.1, 0.15) is 49.3 Å². The summed E-state index contributed by atoms with van der Waals surface area (Å²) in [4.78, 5) is 24.8. The number of aryl methyl sites for hydroxylation is 1. The van der Waals surface area contributed by atoms with Gasteiger partial charge in [-0.05, 0) is 38.3 Å². The summed E-state index contributed by atoms with van der Waals surface area (Å²) < 4.78 is 15.4. The molecule has 3 aliphatic rings. The summed E-state index contributed by atoms with van der Waals surface area (Å²) in [5, 5.41) is 13.9. The van der Waals surface area contributed by atoms with Gasteiger partial charge in [-0.2, -0.15) is 0 Å². The highest BCUT2D eigenvalue weighted by atomic mass is 19.1. The number of carbonyl (C=O) groups is 2. The van der Waals surface area contributed by atoms with E-state index in [0.29, 0.717) is 30.5 Å². The number of halogens is 1. The van der Waals surface area contributed by atoms with Gasteiger partial charge in [-0.15, -0.1) is 10.2 Å². The maximum Gasteiger partial charge on any atom is 0.255 e. The maximum absolute atomic E-state index is 13.6. The van der Waals surface area contributed by atoms with E-state index in [1.807, 2.05) is 20.0 Å². The second-order valence-corrected chi connectivity index (χ2v) is 7.63. The molecule has 5 rings (SSSR count). The minimum atomic E-state index is -1.09. The number of aromatic nitrogens is 3. The minimum Gasteiger partial charge on any atom is -0.351 e. The van der Waals surface area contributed by atoms with E-state index in [2.05, 4.69) is 20.8 Å². The average Bonchev–Trinajstić information content (AvgIpc) is 2.99. The molecule has 2 N–H and O–H groups in total. The van der Waals surface area contributed by atoms with E-state index in [4.69, 9.17) is 0 Å². The van der Waals surface area contributed by atoms with Crippen LogP contribution in [0.2, 0.25) is 0 Å². The van der Waals surface area contributed by atoms with Crippen LogP contribution in [-0.2, 0) is 11.2 Å². The maximum atomic E-state index is 13.6. The van der Waals surface area contributed by atoms with Crippen LogP contribution in [0.4, 0.5) is 4.39 Å². The fraction of sp³-hybridized carbons (Fsp3) is 0.556. The van der Waals surface area contributed by atoms with E-state index in [1.54, 1.807) is 16.5 Å². The lowest BCUT2D eigenvalue weighted by Crippen LogP contribution is -2.70. The van der Waals surface area contributed by atoms with Crippen LogP contribution in [0, 0.1) is 5.41 Å². The lowest BCUT2D eigenvalue weighted by molar-refractivity contribution is -0.214. The third kappa shape index (κ3) is 2.55. The van der Waals surface area contributed by atoms with Crippen LogP contribution in [0.25, 0.3) is 5.65 Å². The third-order valence-corrected chi connectivity index (χ3v) is 5.46. The number of fused-ring (bicyclic) bond motifs is 1. The molecule has 138 valence electrons. The number of nitrogens with one attached hydrogen (secondary N) is 2. The topological polar surface area (TPSA) is 88.4 Å². The van der Waals surface area contributed by atoms with Gasteiger partial charge < -0.3 is 10.6 Å². The molecule has 3 aliphatic carbocycles. The highest BCUT2D eigenvalue weighted by Gasteiger charge is 2.72. The lowest BCUT2D eigenvalue weighted by atomic mass is 9.42. The fourth-order valence-electron chi connectivity index (χ4n) is 4.06. The Morgan fingerprint density at radius 1 is 1.35 bits per heavy atom. The Morgan fingerprint density at radius 3 is 2.73 bits per heavy atom. The van der Waals surface area contributed by atoms with Gasteiger partial charge in [0.05, 0.1) is 11.0 Å². The van der Waals surface area contributed by atoms with Crippen molar-refractivity contribution in [1.82, 2.24) is 25.2 Å². The molecular formula is C18H22FN5O2. The number of pyridine rings is 1. The van der Waals surface area contributed by atoms with E-state index in [-0.39, 0.29) is 24.4 Å². The Kier molecular flexibility index (Phi) is 3.75. The van der Waals surface area contributed by atoms with Gasteiger partial charge in [0, 0.05) is 25.2 Å². The van der Waals surface area contributed by atoms with E-state index < -0.39 is 11.1 Å². The summed E-state index contributed by atoms with van der Waals surface area (Å²) in [7, 11) is 0. The Hall–Kier alpha value is -2.51. The molecule has 2 heterocycles. The average molecular weight is 359 g/mol. The van der Waals surface area contributed by atoms with E-state index in [0.717, 1.165) is 12.2 Å². The van der Waals surface area contributed by atoms with E-state index >= 15 is 0 Å². The van der Waals surface area contributed by atoms with Crippen molar-refractivity contribution in [2.75, 3.05) is 6.54 Å². The van der Waals surface area contributed by atoms with Crippen LogP contribution in [0.3, 0.4) is 0 Å². The van der Waals surface area contributed by atoms with Crippen molar-refractivity contribution in [2.24, 2.45) is 5.41 Å². The second kappa shape index (κ2) is 5.75. The third-order valence-electron chi connectivity index (χ3n) is 5.46. The van der Waals surface area contributed by atoms with Crippen LogP contribution in [0.15, 0.2) is 18.3 Å². The van der Waals surface area contributed by atoms with Crippen molar-refractivity contribution < 1.29 is 14.0 Å². The molecule has 3 saturated carbocycles. The highest BCUT2D eigenvalue weighted by molar-refractivity contribution is 5.99. The Bertz CT molecular complexity index is 873. The fourth-order valence-corrected chi connectivity index (χ4v) is 4.06. The predicted octanol–water partition coefficient (Wildman–Crippen LogP) is 1.42. The number of hydrogen-bond donors (Lipinski definition) is 2. The number of carbonyl (C=O) groups excluding carboxylic acids is 2. The normalized spacial score (nSPS) is 27.3. The second-order valence-electron chi connectivity index (χ2n) is 7.63. The molecule has 8 heteroatoms. The SMILES string of the molecule is CCc1nnc2c(C(=O)NC[C@H](C)NC(=O)C34CC(F)(C3)C4)cccn12. The van der Waals surface area contributed by atoms with Crippen LogP contribution >= 0.6 is 0 Å². The van der Waals surface area contributed by atoms with Crippen molar-refractivity contribution in [3.05, 3.63) is 29.7 Å². The van der Waals surface area contributed by atoms with Gasteiger partial charge in [0.25, 0.3) is 5.91 Å². The molecule has 0 aromatic carbocycles. The first kappa shape index (κ1) is 16.9. The predicted molar refractivity (Wildman–Crippen MR) is 92.4 cm³/mol. The number of rotatable bonds is 6. The summed E-state index contributed by atoms with van der Waals surface area (Å²) in [5.41, 5.74) is -0.641. The summed E-state index contributed by atoms with van der Waals surface area (Å²) in [6, 6.07) is 3.25. The summed E-state index contributed by atoms with van der Waals surface area (Å²) in [6.07, 6.45) is 3.55. The summed E-state index contributed by atoms with van der Waals surface area (Å²) in [5.74, 6) is 0.422. The molecule has 0 radical (unpaired) electrons. The molecule has 2 aromatic heterocycles. The first-order valence-corrected chi connectivity index (χ1v) is 8.97. The van der Waals surface area contributed by atoms with Gasteiger partial charge in [-0.25, -0.2) is 4.39 Å². The first-order chi connectivity index (χ1) is 12.4. The summed E-state index contributed by atoms with van der Waals surface area (Å²) in [6.45, 7) is 4.09. The van der Waals surface area contributed by atoms with Crippen molar-refractivity contribution in [3.63, 3.8) is 0 Å². The first-order valence-electron chi connectivity index (χ1n) is 8.97. The molecule has 3 fully saturated rings. The molecule has 2 amide bonds. The van der Waals surface area contributed by atoms with Crippen LogP contribution in [-0.4, -0.2) is 44.7 Å². The number of hydrogen-bond acceptors (Lipinski definition) is 4. The van der Waals surface area contributed by atoms with Gasteiger partial charge in [-0.1, -0.05) is 6.92 Å². The molecular weight excluding hydrogens is 337 g/mol. The van der Waals surface area contributed by atoms with E-state index in [9.17, 15) is 14.0 Å². The molecule has 0 unspecified atom stereocenters. The van der Waals surface area contributed by atoms with E-state index in [1.165, 1.54) is 0 Å². The lowest BCUT2D eigenvalue weighted by Gasteiger charge is -2.64. The summed E-state index contributed by atoms with van der Waals surface area (Å²) >= 11 is 0. The minimum absolute atomic E-state index is 0.106. The molecule has 2 aromatic rings. The molecule has 0 saturated heterocycles. The van der Waals surface area contributed by atoms with Crippen LogP contribution < -0.4 is 10.6 Å². The zero-order valence-corrected chi connectivity index (χ0v) is 14.9. The molecule has 1 atom stereocenters. The quantitative estimate of drug-likeness (QED) is 0.816. The zero-order valence-electron chi connectivity index (χ0n) is 14.9. The van der Waals surface area contributed by atoms with Gasteiger partial charge in [-0.3, -0.25) is 14.0 Å². The number of amides is 2.